The predicted octanol–water partition coefficient (Wildman–Crippen LogP) is 3.00. The number of nitrogens with zero attached hydrogens (tertiary/aromatic N) is 1. The standard InChI is InChI=1S/C17H19NO4S/c1-4-22-17(19)14-7-9-15(10-8-14)18(3)23(20,21)16-11-5-13(2)6-12-16/h5-12H,4H2,1-3H3. The van der Waals surface area contributed by atoms with Gasteiger partial charge in [-0.05, 0) is 50.2 Å². The van der Waals surface area contributed by atoms with Gasteiger partial charge in [-0.3, -0.25) is 4.31 Å². The summed E-state index contributed by atoms with van der Waals surface area (Å²) in [7, 11) is -2.15. The Bertz CT molecular complexity index is 780. The van der Waals surface area contributed by atoms with Crippen LogP contribution in [0.4, 0.5) is 5.69 Å². The zero-order valence-electron chi connectivity index (χ0n) is 13.3. The van der Waals surface area contributed by atoms with Gasteiger partial charge in [0.25, 0.3) is 10.0 Å². The third-order valence-electron chi connectivity index (χ3n) is 3.42. The van der Waals surface area contributed by atoms with Crippen molar-refractivity contribution in [2.45, 2.75) is 18.7 Å². The molecule has 2 aromatic carbocycles. The number of benzene rings is 2. The van der Waals surface area contributed by atoms with Crippen molar-refractivity contribution in [1.29, 1.82) is 0 Å². The molecule has 0 aromatic heterocycles. The quantitative estimate of drug-likeness (QED) is 0.789. The molecule has 0 unspecified atom stereocenters. The molecule has 0 heterocycles. The Hall–Kier alpha value is -2.34. The first kappa shape index (κ1) is 17.0. The molecular weight excluding hydrogens is 314 g/mol. The van der Waals surface area contributed by atoms with Gasteiger partial charge in [0.2, 0.25) is 0 Å². The molecule has 122 valence electrons. The van der Waals surface area contributed by atoms with Crippen molar-refractivity contribution >= 4 is 21.7 Å². The minimum atomic E-state index is -3.63. The van der Waals surface area contributed by atoms with E-state index in [2.05, 4.69) is 0 Å². The van der Waals surface area contributed by atoms with Gasteiger partial charge in [-0.25, -0.2) is 13.2 Å². The van der Waals surface area contributed by atoms with Crippen molar-refractivity contribution in [3.63, 3.8) is 0 Å². The first-order valence-electron chi connectivity index (χ1n) is 7.19. The lowest BCUT2D eigenvalue weighted by atomic mass is 10.2. The van der Waals surface area contributed by atoms with Crippen LogP contribution in [0.3, 0.4) is 0 Å². The van der Waals surface area contributed by atoms with E-state index in [-0.39, 0.29) is 4.90 Å². The van der Waals surface area contributed by atoms with E-state index >= 15 is 0 Å². The van der Waals surface area contributed by atoms with Crippen molar-refractivity contribution in [2.24, 2.45) is 0 Å². The third-order valence-corrected chi connectivity index (χ3v) is 5.22. The fourth-order valence-electron chi connectivity index (χ4n) is 2.03. The number of aryl methyl sites for hydroxylation is 1. The van der Waals surface area contributed by atoms with Gasteiger partial charge in [-0.1, -0.05) is 17.7 Å². The Morgan fingerprint density at radius 1 is 1.04 bits per heavy atom. The molecule has 0 spiro atoms. The zero-order chi connectivity index (χ0) is 17.0. The normalized spacial score (nSPS) is 11.1. The predicted molar refractivity (Wildman–Crippen MR) is 89.2 cm³/mol. The molecular formula is C17H19NO4S. The second-order valence-corrected chi connectivity index (χ2v) is 7.02. The highest BCUT2D eigenvalue weighted by atomic mass is 32.2. The molecule has 0 aliphatic rings. The maximum Gasteiger partial charge on any atom is 0.338 e. The van der Waals surface area contributed by atoms with Crippen molar-refractivity contribution in [3.8, 4) is 0 Å². The molecule has 5 nitrogen and oxygen atoms in total. The number of carbonyl (C=O) groups excluding carboxylic acids is 1. The second kappa shape index (κ2) is 6.83. The van der Waals surface area contributed by atoms with Gasteiger partial charge in [0, 0.05) is 7.05 Å². The van der Waals surface area contributed by atoms with E-state index in [0.29, 0.717) is 17.9 Å². The van der Waals surface area contributed by atoms with Crippen LogP contribution in [-0.4, -0.2) is 28.0 Å². The average molecular weight is 333 g/mol. The molecule has 0 saturated carbocycles. The van der Waals surface area contributed by atoms with Gasteiger partial charge < -0.3 is 4.74 Å². The SMILES string of the molecule is CCOC(=O)c1ccc(N(C)S(=O)(=O)c2ccc(C)cc2)cc1. The van der Waals surface area contributed by atoms with E-state index in [1.807, 2.05) is 6.92 Å². The summed E-state index contributed by atoms with van der Waals surface area (Å²) in [5, 5.41) is 0. The molecule has 0 aliphatic heterocycles. The van der Waals surface area contributed by atoms with Gasteiger partial charge in [-0.15, -0.1) is 0 Å². The van der Waals surface area contributed by atoms with E-state index in [1.54, 1.807) is 55.5 Å². The van der Waals surface area contributed by atoms with Crippen LogP contribution < -0.4 is 4.31 Å². The number of hydrogen-bond donors (Lipinski definition) is 0. The Morgan fingerprint density at radius 2 is 1.61 bits per heavy atom. The van der Waals surface area contributed by atoms with Crippen LogP contribution in [0.25, 0.3) is 0 Å². The molecule has 2 rings (SSSR count). The number of esters is 1. The van der Waals surface area contributed by atoms with Gasteiger partial charge in [0.15, 0.2) is 0 Å². The Balaban J connectivity index is 2.27. The first-order chi connectivity index (χ1) is 10.9. The topological polar surface area (TPSA) is 63.7 Å². The number of sulfonamides is 1. The summed E-state index contributed by atoms with van der Waals surface area (Å²) in [5.74, 6) is -0.428. The molecule has 0 fully saturated rings. The largest absolute Gasteiger partial charge is 0.462 e. The summed E-state index contributed by atoms with van der Waals surface area (Å²) >= 11 is 0. The highest BCUT2D eigenvalue weighted by molar-refractivity contribution is 7.92. The lowest BCUT2D eigenvalue weighted by Gasteiger charge is -2.19. The lowest BCUT2D eigenvalue weighted by Crippen LogP contribution is -2.26. The van der Waals surface area contributed by atoms with Crippen molar-refractivity contribution in [1.82, 2.24) is 0 Å². The van der Waals surface area contributed by atoms with E-state index < -0.39 is 16.0 Å². The number of hydrogen-bond acceptors (Lipinski definition) is 4. The highest BCUT2D eigenvalue weighted by Crippen LogP contribution is 2.22. The molecule has 6 heteroatoms. The summed E-state index contributed by atoms with van der Waals surface area (Å²) < 4.78 is 31.3. The zero-order valence-corrected chi connectivity index (χ0v) is 14.1. The maximum atomic E-state index is 12.6. The fraction of sp³-hybridized carbons (Fsp3) is 0.235. The van der Waals surface area contributed by atoms with Crippen molar-refractivity contribution in [2.75, 3.05) is 18.0 Å². The van der Waals surface area contributed by atoms with E-state index in [4.69, 9.17) is 4.74 Å². The van der Waals surface area contributed by atoms with Crippen LogP contribution in [0.2, 0.25) is 0 Å². The number of carbonyl (C=O) groups is 1. The van der Waals surface area contributed by atoms with Gasteiger partial charge in [0.1, 0.15) is 0 Å². The van der Waals surface area contributed by atoms with E-state index in [9.17, 15) is 13.2 Å². The third kappa shape index (κ3) is 3.71. The van der Waals surface area contributed by atoms with Gasteiger partial charge in [-0.2, -0.15) is 0 Å². The highest BCUT2D eigenvalue weighted by Gasteiger charge is 2.21. The maximum absolute atomic E-state index is 12.6. The number of anilines is 1. The number of ether oxygens (including phenoxy) is 1. The molecule has 0 atom stereocenters. The summed E-state index contributed by atoms with van der Waals surface area (Å²) in [4.78, 5) is 11.8. The molecule has 0 amide bonds. The minimum absolute atomic E-state index is 0.222. The Kier molecular flexibility index (Phi) is 5.05. The summed E-state index contributed by atoms with van der Waals surface area (Å²) in [6.45, 7) is 3.92. The first-order valence-corrected chi connectivity index (χ1v) is 8.63. The molecule has 0 radical (unpaired) electrons. The van der Waals surface area contributed by atoms with Gasteiger partial charge in [0.05, 0.1) is 22.8 Å². The molecule has 0 saturated heterocycles. The monoisotopic (exact) mass is 333 g/mol. The minimum Gasteiger partial charge on any atom is -0.462 e. The van der Waals surface area contributed by atoms with Gasteiger partial charge >= 0.3 is 5.97 Å². The van der Waals surface area contributed by atoms with Crippen LogP contribution >= 0.6 is 0 Å². The Morgan fingerprint density at radius 3 is 2.13 bits per heavy atom. The number of rotatable bonds is 5. The van der Waals surface area contributed by atoms with Crippen molar-refractivity contribution < 1.29 is 17.9 Å². The van der Waals surface area contributed by atoms with Crippen LogP contribution in [0.1, 0.15) is 22.8 Å². The lowest BCUT2D eigenvalue weighted by molar-refractivity contribution is 0.0526. The molecule has 0 N–H and O–H groups in total. The van der Waals surface area contributed by atoms with Crippen molar-refractivity contribution in [3.05, 3.63) is 59.7 Å². The fourth-order valence-corrected chi connectivity index (χ4v) is 3.22. The summed E-state index contributed by atoms with van der Waals surface area (Å²) in [6, 6.07) is 12.9. The van der Waals surface area contributed by atoms with Crippen LogP contribution in [0.5, 0.6) is 0 Å². The second-order valence-electron chi connectivity index (χ2n) is 5.05. The smallest absolute Gasteiger partial charge is 0.338 e. The average Bonchev–Trinajstić information content (AvgIpc) is 2.55. The molecule has 23 heavy (non-hydrogen) atoms. The van der Waals surface area contributed by atoms with Crippen LogP contribution in [0.15, 0.2) is 53.4 Å². The van der Waals surface area contributed by atoms with E-state index in [0.717, 1.165) is 5.56 Å². The van der Waals surface area contributed by atoms with Crippen LogP contribution in [-0.2, 0) is 14.8 Å². The molecule has 2 aromatic rings. The van der Waals surface area contributed by atoms with Crippen LogP contribution in [0, 0.1) is 6.92 Å². The molecule has 0 bridgehead atoms. The Labute approximate surface area is 136 Å². The molecule has 0 aliphatic carbocycles. The summed E-state index contributed by atoms with van der Waals surface area (Å²) in [5.41, 5.74) is 1.85. The summed E-state index contributed by atoms with van der Waals surface area (Å²) in [6.07, 6.45) is 0. The van der Waals surface area contributed by atoms with E-state index in [1.165, 1.54) is 11.4 Å².